The summed E-state index contributed by atoms with van der Waals surface area (Å²) in [4.78, 5) is 28.4. The number of hydrogen-bond donors (Lipinski definition) is 1. The summed E-state index contributed by atoms with van der Waals surface area (Å²) >= 11 is 0. The molecule has 0 aliphatic heterocycles. The maximum atomic E-state index is 12.2. The number of nitriles is 1. The molecule has 3 aromatic rings. The summed E-state index contributed by atoms with van der Waals surface area (Å²) in [5, 5.41) is 12.7. The zero-order valence-electron chi connectivity index (χ0n) is 13.5. The number of nitrogens with one attached hydrogen (secondary N) is 1. The molecule has 0 radical (unpaired) electrons. The molecular weight excluding hydrogens is 316 g/mol. The maximum absolute atomic E-state index is 12.2. The van der Waals surface area contributed by atoms with E-state index < -0.39 is 0 Å². The molecule has 0 unspecified atom stereocenters. The van der Waals surface area contributed by atoms with Crippen molar-refractivity contribution in [2.45, 2.75) is 19.4 Å². The zero-order chi connectivity index (χ0) is 17.6. The second-order valence-electron chi connectivity index (χ2n) is 5.56. The van der Waals surface area contributed by atoms with Crippen LogP contribution in [0.15, 0.2) is 59.7 Å². The minimum Gasteiger partial charge on any atom is -0.324 e. The van der Waals surface area contributed by atoms with E-state index in [-0.39, 0.29) is 23.5 Å². The molecule has 3 rings (SSSR count). The van der Waals surface area contributed by atoms with E-state index in [4.69, 9.17) is 5.26 Å². The van der Waals surface area contributed by atoms with Crippen LogP contribution in [0.5, 0.6) is 0 Å². The number of aryl methyl sites for hydroxylation is 1. The largest absolute Gasteiger partial charge is 0.324 e. The number of fused-ring (bicyclic) bond motifs is 1. The fraction of sp³-hybridized carbons (Fsp3) is 0.158. The molecule has 1 aromatic carbocycles. The van der Waals surface area contributed by atoms with Crippen molar-refractivity contribution in [2.75, 3.05) is 5.32 Å². The summed E-state index contributed by atoms with van der Waals surface area (Å²) in [5.41, 5.74) is 1.19. The van der Waals surface area contributed by atoms with Crippen LogP contribution in [-0.2, 0) is 11.3 Å². The van der Waals surface area contributed by atoms with Gasteiger partial charge >= 0.3 is 0 Å². The number of para-hydroxylation sites is 1. The predicted octanol–water partition coefficient (Wildman–Crippen LogP) is 2.69. The third kappa shape index (κ3) is 3.72. The van der Waals surface area contributed by atoms with Gasteiger partial charge in [-0.1, -0.05) is 18.2 Å². The molecule has 25 heavy (non-hydrogen) atoms. The van der Waals surface area contributed by atoms with Crippen molar-refractivity contribution in [1.82, 2.24) is 9.55 Å². The Morgan fingerprint density at radius 1 is 1.20 bits per heavy atom. The van der Waals surface area contributed by atoms with Gasteiger partial charge in [0.05, 0.1) is 11.2 Å². The van der Waals surface area contributed by atoms with Gasteiger partial charge in [0.25, 0.3) is 5.56 Å². The summed E-state index contributed by atoms with van der Waals surface area (Å²) in [6.07, 6.45) is 4.08. The first-order chi connectivity index (χ1) is 12.2. The van der Waals surface area contributed by atoms with Crippen molar-refractivity contribution >= 4 is 22.5 Å². The number of nitrogens with zero attached hydrogens (tertiary/aromatic N) is 3. The van der Waals surface area contributed by atoms with Crippen LogP contribution < -0.4 is 10.9 Å². The number of pyridine rings is 2. The zero-order valence-corrected chi connectivity index (χ0v) is 13.5. The van der Waals surface area contributed by atoms with Crippen LogP contribution in [0.1, 0.15) is 18.4 Å². The van der Waals surface area contributed by atoms with Crippen LogP contribution in [0.4, 0.5) is 5.69 Å². The van der Waals surface area contributed by atoms with E-state index >= 15 is 0 Å². The van der Waals surface area contributed by atoms with Crippen LogP contribution in [0.3, 0.4) is 0 Å². The van der Waals surface area contributed by atoms with E-state index in [1.165, 1.54) is 10.6 Å². The third-order valence-electron chi connectivity index (χ3n) is 3.85. The first kappa shape index (κ1) is 16.4. The molecule has 0 atom stereocenters. The summed E-state index contributed by atoms with van der Waals surface area (Å²) < 4.78 is 1.45. The molecule has 0 fully saturated rings. The number of hydrogen-bond acceptors (Lipinski definition) is 4. The molecule has 6 heteroatoms. The number of carbonyl (C=O) groups excluding carboxylic acids is 1. The summed E-state index contributed by atoms with van der Waals surface area (Å²) in [5.74, 6) is -0.136. The van der Waals surface area contributed by atoms with Crippen molar-refractivity contribution in [1.29, 1.82) is 5.26 Å². The highest BCUT2D eigenvalue weighted by Gasteiger charge is 2.07. The average molecular weight is 332 g/mol. The minimum absolute atomic E-state index is 0.105. The Morgan fingerprint density at radius 3 is 2.88 bits per heavy atom. The van der Waals surface area contributed by atoms with Crippen LogP contribution in [0, 0.1) is 11.3 Å². The second-order valence-corrected chi connectivity index (χ2v) is 5.56. The minimum atomic E-state index is -0.330. The Bertz CT molecular complexity index is 1010. The van der Waals surface area contributed by atoms with Gasteiger partial charge in [-0.3, -0.25) is 14.6 Å². The van der Waals surface area contributed by atoms with E-state index in [0.29, 0.717) is 18.7 Å². The fourth-order valence-corrected chi connectivity index (χ4v) is 2.63. The molecule has 0 aliphatic carbocycles. The predicted molar refractivity (Wildman–Crippen MR) is 95.0 cm³/mol. The lowest BCUT2D eigenvalue weighted by Crippen LogP contribution is -2.22. The van der Waals surface area contributed by atoms with E-state index in [1.807, 2.05) is 36.4 Å². The Hall–Kier alpha value is -3.46. The van der Waals surface area contributed by atoms with Gasteiger partial charge < -0.3 is 9.88 Å². The molecule has 1 amide bonds. The molecule has 0 saturated carbocycles. The van der Waals surface area contributed by atoms with E-state index in [1.54, 1.807) is 18.5 Å². The third-order valence-corrected chi connectivity index (χ3v) is 3.85. The Labute approximate surface area is 144 Å². The SMILES string of the molecule is N#Cc1cccn(CCCC(=O)Nc2cccc3cccnc23)c1=O. The van der Waals surface area contributed by atoms with Crippen molar-refractivity contribution in [2.24, 2.45) is 0 Å². The number of benzene rings is 1. The lowest BCUT2D eigenvalue weighted by atomic mass is 10.2. The smallest absolute Gasteiger partial charge is 0.268 e. The molecule has 0 spiro atoms. The fourth-order valence-electron chi connectivity index (χ4n) is 2.63. The van der Waals surface area contributed by atoms with Crippen LogP contribution in [-0.4, -0.2) is 15.5 Å². The maximum Gasteiger partial charge on any atom is 0.268 e. The topological polar surface area (TPSA) is 87.8 Å². The Morgan fingerprint density at radius 2 is 2.04 bits per heavy atom. The van der Waals surface area contributed by atoms with Crippen molar-refractivity contribution < 1.29 is 4.79 Å². The lowest BCUT2D eigenvalue weighted by Gasteiger charge is -2.09. The van der Waals surface area contributed by atoms with Crippen molar-refractivity contribution in [3.63, 3.8) is 0 Å². The van der Waals surface area contributed by atoms with Crippen molar-refractivity contribution in [3.8, 4) is 6.07 Å². The Balaban J connectivity index is 1.62. The quantitative estimate of drug-likeness (QED) is 0.778. The highest BCUT2D eigenvalue weighted by atomic mass is 16.1. The number of carbonyl (C=O) groups is 1. The lowest BCUT2D eigenvalue weighted by molar-refractivity contribution is -0.116. The molecule has 0 bridgehead atoms. The number of anilines is 1. The molecule has 0 aliphatic rings. The average Bonchev–Trinajstić information content (AvgIpc) is 2.63. The van der Waals surface area contributed by atoms with E-state index in [2.05, 4.69) is 10.3 Å². The molecule has 124 valence electrons. The standard InChI is InChI=1S/C19H16N4O2/c20-13-15-7-3-11-23(19(15)25)12-4-9-17(24)22-16-8-1-5-14-6-2-10-21-18(14)16/h1-3,5-8,10-11H,4,9,12H2,(H,22,24). The normalized spacial score (nSPS) is 10.4. The van der Waals surface area contributed by atoms with Gasteiger partial charge in [-0.15, -0.1) is 0 Å². The van der Waals surface area contributed by atoms with Crippen LogP contribution in [0.2, 0.25) is 0 Å². The summed E-state index contributed by atoms with van der Waals surface area (Å²) in [7, 11) is 0. The summed E-state index contributed by atoms with van der Waals surface area (Å²) in [6.45, 7) is 0.384. The number of aromatic nitrogens is 2. The van der Waals surface area contributed by atoms with Gasteiger partial charge in [0.1, 0.15) is 11.6 Å². The summed E-state index contributed by atoms with van der Waals surface area (Å²) in [6, 6.07) is 14.4. The number of amides is 1. The second kappa shape index (κ2) is 7.41. The highest BCUT2D eigenvalue weighted by molar-refractivity contribution is 6.00. The van der Waals surface area contributed by atoms with Crippen LogP contribution in [0.25, 0.3) is 10.9 Å². The Kier molecular flexibility index (Phi) is 4.86. The van der Waals surface area contributed by atoms with E-state index in [0.717, 1.165) is 10.9 Å². The molecule has 6 nitrogen and oxygen atoms in total. The van der Waals surface area contributed by atoms with Crippen molar-refractivity contribution in [3.05, 3.63) is 70.8 Å². The number of rotatable bonds is 5. The van der Waals surface area contributed by atoms with Gasteiger partial charge in [-0.05, 0) is 30.7 Å². The molecule has 0 saturated heterocycles. The van der Waals surface area contributed by atoms with Gasteiger partial charge in [0.15, 0.2) is 0 Å². The highest BCUT2D eigenvalue weighted by Crippen LogP contribution is 2.20. The first-order valence-corrected chi connectivity index (χ1v) is 7.92. The molecule has 2 heterocycles. The first-order valence-electron chi connectivity index (χ1n) is 7.92. The van der Waals surface area contributed by atoms with Crippen LogP contribution >= 0.6 is 0 Å². The van der Waals surface area contributed by atoms with Gasteiger partial charge in [0.2, 0.25) is 5.91 Å². The molecule has 1 N–H and O–H groups in total. The van der Waals surface area contributed by atoms with E-state index in [9.17, 15) is 9.59 Å². The monoisotopic (exact) mass is 332 g/mol. The van der Waals surface area contributed by atoms with Gasteiger partial charge in [-0.2, -0.15) is 5.26 Å². The van der Waals surface area contributed by atoms with Gasteiger partial charge in [-0.25, -0.2) is 0 Å². The molecular formula is C19H16N4O2. The molecule has 2 aromatic heterocycles. The van der Waals surface area contributed by atoms with Gasteiger partial charge in [0, 0.05) is 30.7 Å².